The molecule has 0 radical (unpaired) electrons. The minimum Gasteiger partial charge on any atom is -0.246 e. The van der Waals surface area contributed by atoms with Crippen molar-refractivity contribution in [2.45, 2.75) is 17.5 Å². The lowest BCUT2D eigenvalue weighted by molar-refractivity contribution is 0.189. The van der Waals surface area contributed by atoms with Gasteiger partial charge in [-0.15, -0.1) is 5.10 Å². The molecular weight excluding hydrogens is 366 g/mol. The zero-order valence-electron chi connectivity index (χ0n) is 13.0. The van der Waals surface area contributed by atoms with Crippen molar-refractivity contribution in [3.63, 3.8) is 0 Å². The molecule has 11 heteroatoms. The molecule has 1 fully saturated rings. The molecule has 3 heterocycles. The second-order valence-electron chi connectivity index (χ2n) is 5.68. The lowest BCUT2D eigenvalue weighted by atomic mass is 10.2. The SMILES string of the molecule is O=S(=O)(c1ccc(Cl)cc1)N1CC(n2cc(Cn3nccn3)nn2)C1. The van der Waals surface area contributed by atoms with Crippen LogP contribution in [0.5, 0.6) is 0 Å². The molecule has 1 aliphatic heterocycles. The molecule has 0 amide bonds. The van der Waals surface area contributed by atoms with Crippen molar-refractivity contribution in [2.75, 3.05) is 13.1 Å². The summed E-state index contributed by atoms with van der Waals surface area (Å²) in [6.45, 7) is 1.13. The Balaban J connectivity index is 1.41. The first kappa shape index (κ1) is 16.2. The molecule has 25 heavy (non-hydrogen) atoms. The van der Waals surface area contributed by atoms with Gasteiger partial charge in [-0.05, 0) is 24.3 Å². The normalized spacial score (nSPS) is 16.0. The minimum absolute atomic E-state index is 0.0334. The van der Waals surface area contributed by atoms with Gasteiger partial charge < -0.3 is 0 Å². The highest BCUT2D eigenvalue weighted by atomic mass is 35.5. The van der Waals surface area contributed by atoms with Gasteiger partial charge in [0.1, 0.15) is 12.2 Å². The van der Waals surface area contributed by atoms with Crippen LogP contribution in [0.3, 0.4) is 0 Å². The van der Waals surface area contributed by atoms with Gasteiger partial charge in [0.2, 0.25) is 10.0 Å². The summed E-state index contributed by atoms with van der Waals surface area (Å²) >= 11 is 5.81. The van der Waals surface area contributed by atoms with E-state index in [2.05, 4.69) is 20.5 Å². The Labute approximate surface area is 148 Å². The predicted octanol–water partition coefficient (Wildman–Crippen LogP) is 0.817. The Hall–Kier alpha value is -2.30. The number of halogens is 1. The lowest BCUT2D eigenvalue weighted by Gasteiger charge is -2.37. The number of aromatic nitrogens is 6. The molecule has 0 atom stereocenters. The Bertz CT molecular complexity index is 963. The summed E-state index contributed by atoms with van der Waals surface area (Å²) in [4.78, 5) is 1.74. The summed E-state index contributed by atoms with van der Waals surface area (Å²) in [5, 5.41) is 16.7. The van der Waals surface area contributed by atoms with Gasteiger partial charge in [0.15, 0.2) is 0 Å². The van der Waals surface area contributed by atoms with Crippen molar-refractivity contribution < 1.29 is 8.42 Å². The van der Waals surface area contributed by atoms with Gasteiger partial charge >= 0.3 is 0 Å². The van der Waals surface area contributed by atoms with Crippen LogP contribution in [0.1, 0.15) is 11.7 Å². The second-order valence-corrected chi connectivity index (χ2v) is 8.05. The molecule has 1 aromatic carbocycles. The number of hydrogen-bond donors (Lipinski definition) is 0. The molecule has 0 bridgehead atoms. The molecule has 4 rings (SSSR count). The van der Waals surface area contributed by atoms with Crippen molar-refractivity contribution in [1.82, 2.24) is 34.3 Å². The molecule has 0 saturated carbocycles. The number of sulfonamides is 1. The predicted molar refractivity (Wildman–Crippen MR) is 88.4 cm³/mol. The molecule has 1 saturated heterocycles. The average Bonchev–Trinajstić information content (AvgIpc) is 3.19. The van der Waals surface area contributed by atoms with E-state index in [0.29, 0.717) is 24.7 Å². The topological polar surface area (TPSA) is 98.8 Å². The van der Waals surface area contributed by atoms with E-state index in [1.807, 2.05) is 0 Å². The fourth-order valence-electron chi connectivity index (χ4n) is 2.57. The summed E-state index contributed by atoms with van der Waals surface area (Å²) in [5.41, 5.74) is 0.718. The van der Waals surface area contributed by atoms with Crippen LogP contribution in [0.2, 0.25) is 5.02 Å². The quantitative estimate of drug-likeness (QED) is 0.650. The van der Waals surface area contributed by atoms with Crippen LogP contribution in [-0.4, -0.2) is 55.8 Å². The van der Waals surface area contributed by atoms with E-state index in [1.54, 1.807) is 35.4 Å². The minimum atomic E-state index is -3.51. The van der Waals surface area contributed by atoms with E-state index in [0.717, 1.165) is 5.69 Å². The zero-order chi connectivity index (χ0) is 17.4. The largest absolute Gasteiger partial charge is 0.246 e. The van der Waals surface area contributed by atoms with E-state index in [9.17, 15) is 8.42 Å². The van der Waals surface area contributed by atoms with Crippen LogP contribution in [0.25, 0.3) is 0 Å². The number of nitrogens with zero attached hydrogens (tertiary/aromatic N) is 7. The number of rotatable bonds is 5. The van der Waals surface area contributed by atoms with Crippen LogP contribution >= 0.6 is 11.6 Å². The van der Waals surface area contributed by atoms with Gasteiger partial charge in [-0.2, -0.15) is 19.3 Å². The highest BCUT2D eigenvalue weighted by molar-refractivity contribution is 7.89. The Morgan fingerprint density at radius 2 is 1.80 bits per heavy atom. The third kappa shape index (κ3) is 3.15. The fraction of sp³-hybridized carbons (Fsp3) is 0.286. The van der Waals surface area contributed by atoms with Gasteiger partial charge in [-0.3, -0.25) is 0 Å². The molecule has 0 spiro atoms. The standard InChI is InChI=1S/C14H14ClN7O2S/c15-11-1-3-14(4-2-11)25(23,24)20-9-13(10-20)21-7-12(18-19-21)8-22-16-5-6-17-22/h1-7,13H,8-10H2. The second kappa shape index (κ2) is 6.21. The number of hydrogen-bond acceptors (Lipinski definition) is 6. The summed E-state index contributed by atoms with van der Waals surface area (Å²) in [6.07, 6.45) is 4.98. The first-order valence-electron chi connectivity index (χ1n) is 7.53. The molecule has 130 valence electrons. The van der Waals surface area contributed by atoms with Crippen molar-refractivity contribution in [3.05, 3.63) is 53.6 Å². The van der Waals surface area contributed by atoms with E-state index in [-0.39, 0.29) is 10.9 Å². The van der Waals surface area contributed by atoms with Gasteiger partial charge in [0, 0.05) is 18.1 Å². The average molecular weight is 380 g/mol. The third-order valence-corrected chi connectivity index (χ3v) is 6.08. The van der Waals surface area contributed by atoms with Gasteiger partial charge in [-0.25, -0.2) is 13.1 Å². The van der Waals surface area contributed by atoms with E-state index in [4.69, 9.17) is 11.6 Å². The maximum absolute atomic E-state index is 12.5. The third-order valence-electron chi connectivity index (χ3n) is 3.98. The van der Waals surface area contributed by atoms with Gasteiger partial charge in [0.25, 0.3) is 0 Å². The number of benzene rings is 1. The summed E-state index contributed by atoms with van der Waals surface area (Å²) < 4.78 is 28.2. The maximum atomic E-state index is 12.5. The molecule has 0 aliphatic carbocycles. The molecule has 2 aromatic heterocycles. The molecule has 3 aromatic rings. The zero-order valence-corrected chi connectivity index (χ0v) is 14.5. The Kier molecular flexibility index (Phi) is 4.02. The van der Waals surface area contributed by atoms with Crippen LogP contribution < -0.4 is 0 Å². The molecule has 0 N–H and O–H groups in total. The molecular formula is C14H14ClN7O2S. The van der Waals surface area contributed by atoms with Crippen LogP contribution in [0.4, 0.5) is 0 Å². The summed E-state index contributed by atoms with van der Waals surface area (Å²) in [6, 6.07) is 6.12. The van der Waals surface area contributed by atoms with Crippen LogP contribution in [-0.2, 0) is 16.6 Å². The van der Waals surface area contributed by atoms with E-state index < -0.39 is 10.0 Å². The van der Waals surface area contributed by atoms with Crippen molar-refractivity contribution in [1.29, 1.82) is 0 Å². The van der Waals surface area contributed by atoms with E-state index in [1.165, 1.54) is 21.2 Å². The smallest absolute Gasteiger partial charge is 0.243 e. The molecule has 1 aliphatic rings. The van der Waals surface area contributed by atoms with E-state index >= 15 is 0 Å². The first-order valence-corrected chi connectivity index (χ1v) is 9.35. The van der Waals surface area contributed by atoms with Crippen molar-refractivity contribution in [2.24, 2.45) is 0 Å². The van der Waals surface area contributed by atoms with Crippen LogP contribution in [0.15, 0.2) is 47.8 Å². The summed E-state index contributed by atoms with van der Waals surface area (Å²) in [7, 11) is -3.51. The van der Waals surface area contributed by atoms with Crippen molar-refractivity contribution in [3.8, 4) is 0 Å². The van der Waals surface area contributed by atoms with Gasteiger partial charge in [-0.1, -0.05) is 16.8 Å². The summed E-state index contributed by atoms with van der Waals surface area (Å²) in [5.74, 6) is 0. The Morgan fingerprint density at radius 1 is 1.12 bits per heavy atom. The fourth-order valence-corrected chi connectivity index (χ4v) is 4.21. The first-order chi connectivity index (χ1) is 12.0. The maximum Gasteiger partial charge on any atom is 0.243 e. The van der Waals surface area contributed by atoms with Crippen LogP contribution in [0, 0.1) is 0 Å². The Morgan fingerprint density at radius 3 is 2.48 bits per heavy atom. The highest BCUT2D eigenvalue weighted by Gasteiger charge is 2.38. The lowest BCUT2D eigenvalue weighted by Crippen LogP contribution is -2.50. The monoisotopic (exact) mass is 379 g/mol. The molecule has 9 nitrogen and oxygen atoms in total. The van der Waals surface area contributed by atoms with Gasteiger partial charge in [0.05, 0.1) is 29.5 Å². The van der Waals surface area contributed by atoms with Crippen molar-refractivity contribution >= 4 is 21.6 Å². The molecule has 0 unspecified atom stereocenters. The highest BCUT2D eigenvalue weighted by Crippen LogP contribution is 2.28.